The molecule has 2 N–H and O–H groups in total. The number of aryl methyl sites for hydroxylation is 1. The van der Waals surface area contributed by atoms with Crippen molar-refractivity contribution in [3.63, 3.8) is 0 Å². The summed E-state index contributed by atoms with van der Waals surface area (Å²) >= 11 is 0. The Kier molecular flexibility index (Phi) is 4.61. The second-order valence-corrected chi connectivity index (χ2v) is 5.48. The smallest absolute Gasteiger partial charge is 0.337 e. The fourth-order valence-electron chi connectivity index (χ4n) is 2.68. The van der Waals surface area contributed by atoms with E-state index in [0.29, 0.717) is 24.1 Å². The minimum absolute atomic E-state index is 0.0930. The Labute approximate surface area is 139 Å². The van der Waals surface area contributed by atoms with E-state index in [1.54, 1.807) is 24.3 Å². The Balaban J connectivity index is 1.64. The number of anilines is 1. The van der Waals surface area contributed by atoms with E-state index >= 15 is 0 Å². The Morgan fingerprint density at radius 1 is 1.12 bits per heavy atom. The van der Waals surface area contributed by atoms with Gasteiger partial charge in [0.2, 0.25) is 5.91 Å². The Bertz CT molecular complexity index is 883. The van der Waals surface area contributed by atoms with Crippen LogP contribution in [0.1, 0.15) is 22.3 Å². The average molecular weight is 322 g/mol. The summed E-state index contributed by atoms with van der Waals surface area (Å²) in [7, 11) is 1.33. The normalized spacial score (nSPS) is 10.5. The molecule has 3 aromatic rings. The third-order valence-electron chi connectivity index (χ3n) is 3.87. The molecule has 0 fully saturated rings. The number of methoxy groups -OCH3 is 1. The second kappa shape index (κ2) is 7.00. The first-order valence-corrected chi connectivity index (χ1v) is 7.70. The van der Waals surface area contributed by atoms with E-state index in [0.717, 1.165) is 16.5 Å². The van der Waals surface area contributed by atoms with Gasteiger partial charge in [-0.1, -0.05) is 18.2 Å². The monoisotopic (exact) mass is 322 g/mol. The van der Waals surface area contributed by atoms with Crippen LogP contribution in [0.3, 0.4) is 0 Å². The summed E-state index contributed by atoms with van der Waals surface area (Å²) in [5.74, 6) is -0.519. The van der Waals surface area contributed by atoms with Crippen LogP contribution < -0.4 is 5.32 Å². The maximum atomic E-state index is 12.2. The summed E-state index contributed by atoms with van der Waals surface area (Å²) in [4.78, 5) is 26.9. The molecule has 1 amide bonds. The lowest BCUT2D eigenvalue weighted by atomic mass is 10.1. The van der Waals surface area contributed by atoms with Gasteiger partial charge in [-0.25, -0.2) is 4.79 Å². The number of esters is 1. The summed E-state index contributed by atoms with van der Waals surface area (Å²) in [5, 5.41) is 3.96. The molecule has 1 aromatic heterocycles. The van der Waals surface area contributed by atoms with Crippen LogP contribution in [0.2, 0.25) is 0 Å². The molecule has 24 heavy (non-hydrogen) atoms. The standard InChI is InChI=1S/C19H18N2O3/c1-24-19(23)14-5-2-6-15(12-14)21-18(22)9-8-13-4-3-7-17-16(13)10-11-20-17/h2-7,10-12,20H,8-9H2,1H3,(H,21,22). The van der Waals surface area contributed by atoms with Gasteiger partial charge in [-0.05, 0) is 42.3 Å². The number of ether oxygens (including phenoxy) is 1. The van der Waals surface area contributed by atoms with Gasteiger partial charge in [0.15, 0.2) is 0 Å². The van der Waals surface area contributed by atoms with Crippen molar-refractivity contribution in [1.82, 2.24) is 4.98 Å². The molecule has 0 bridgehead atoms. The van der Waals surface area contributed by atoms with Crippen LogP contribution >= 0.6 is 0 Å². The van der Waals surface area contributed by atoms with E-state index < -0.39 is 5.97 Å². The highest BCUT2D eigenvalue weighted by Crippen LogP contribution is 2.19. The summed E-state index contributed by atoms with van der Waals surface area (Å²) in [6, 6.07) is 14.7. The first-order chi connectivity index (χ1) is 11.7. The predicted octanol–water partition coefficient (Wildman–Crippen LogP) is 3.53. The SMILES string of the molecule is COC(=O)c1cccc(NC(=O)CCc2cccc3[nH]ccc23)c1. The van der Waals surface area contributed by atoms with Gasteiger partial charge < -0.3 is 15.0 Å². The first-order valence-electron chi connectivity index (χ1n) is 7.70. The van der Waals surface area contributed by atoms with Crippen molar-refractivity contribution < 1.29 is 14.3 Å². The van der Waals surface area contributed by atoms with Crippen LogP contribution in [-0.2, 0) is 16.0 Å². The number of carbonyl (C=O) groups is 2. The van der Waals surface area contributed by atoms with Gasteiger partial charge in [0.05, 0.1) is 12.7 Å². The van der Waals surface area contributed by atoms with Crippen molar-refractivity contribution >= 4 is 28.5 Å². The minimum Gasteiger partial charge on any atom is -0.465 e. The molecule has 0 radical (unpaired) electrons. The molecular weight excluding hydrogens is 304 g/mol. The number of H-pyrrole nitrogens is 1. The molecule has 0 spiro atoms. The van der Waals surface area contributed by atoms with E-state index in [9.17, 15) is 9.59 Å². The van der Waals surface area contributed by atoms with Crippen molar-refractivity contribution in [2.75, 3.05) is 12.4 Å². The van der Waals surface area contributed by atoms with Crippen molar-refractivity contribution in [3.8, 4) is 0 Å². The minimum atomic E-state index is -0.426. The average Bonchev–Trinajstić information content (AvgIpc) is 3.08. The van der Waals surface area contributed by atoms with Crippen LogP contribution in [-0.4, -0.2) is 24.0 Å². The van der Waals surface area contributed by atoms with E-state index in [1.165, 1.54) is 7.11 Å². The summed E-state index contributed by atoms with van der Waals surface area (Å²) < 4.78 is 4.68. The molecule has 5 nitrogen and oxygen atoms in total. The Morgan fingerprint density at radius 3 is 2.79 bits per heavy atom. The topological polar surface area (TPSA) is 71.2 Å². The maximum absolute atomic E-state index is 12.2. The van der Waals surface area contributed by atoms with Gasteiger partial charge in [-0.15, -0.1) is 0 Å². The van der Waals surface area contributed by atoms with E-state index in [-0.39, 0.29) is 5.91 Å². The van der Waals surface area contributed by atoms with Gasteiger partial charge in [0, 0.05) is 29.2 Å². The largest absolute Gasteiger partial charge is 0.465 e. The highest BCUT2D eigenvalue weighted by atomic mass is 16.5. The van der Waals surface area contributed by atoms with Crippen LogP contribution in [0, 0.1) is 0 Å². The third kappa shape index (κ3) is 3.46. The lowest BCUT2D eigenvalue weighted by Crippen LogP contribution is -2.13. The molecule has 0 aliphatic rings. The Hall–Kier alpha value is -3.08. The molecule has 0 saturated carbocycles. The van der Waals surface area contributed by atoms with Gasteiger partial charge in [0.1, 0.15) is 0 Å². The van der Waals surface area contributed by atoms with Gasteiger partial charge in [0.25, 0.3) is 0 Å². The number of hydrogen-bond acceptors (Lipinski definition) is 3. The number of hydrogen-bond donors (Lipinski definition) is 2. The fourth-order valence-corrected chi connectivity index (χ4v) is 2.68. The maximum Gasteiger partial charge on any atom is 0.337 e. The number of aromatic nitrogens is 1. The number of carbonyl (C=O) groups excluding carboxylic acids is 2. The molecule has 2 aromatic carbocycles. The van der Waals surface area contributed by atoms with Crippen molar-refractivity contribution in [2.24, 2.45) is 0 Å². The highest BCUT2D eigenvalue weighted by Gasteiger charge is 2.09. The van der Waals surface area contributed by atoms with Crippen molar-refractivity contribution in [2.45, 2.75) is 12.8 Å². The summed E-state index contributed by atoms with van der Waals surface area (Å²) in [6.07, 6.45) is 2.91. The number of rotatable bonds is 5. The predicted molar refractivity (Wildman–Crippen MR) is 93.0 cm³/mol. The summed E-state index contributed by atoms with van der Waals surface area (Å²) in [6.45, 7) is 0. The molecule has 122 valence electrons. The zero-order valence-corrected chi connectivity index (χ0v) is 13.3. The Morgan fingerprint density at radius 2 is 1.96 bits per heavy atom. The molecule has 3 rings (SSSR count). The lowest BCUT2D eigenvalue weighted by Gasteiger charge is -2.07. The van der Waals surface area contributed by atoms with Crippen LogP contribution in [0.25, 0.3) is 10.9 Å². The molecule has 1 heterocycles. The highest BCUT2D eigenvalue weighted by molar-refractivity contribution is 5.94. The molecule has 0 aliphatic heterocycles. The van der Waals surface area contributed by atoms with Crippen molar-refractivity contribution in [1.29, 1.82) is 0 Å². The van der Waals surface area contributed by atoms with Crippen LogP contribution in [0.15, 0.2) is 54.7 Å². The molecular formula is C19H18N2O3. The second-order valence-electron chi connectivity index (χ2n) is 5.48. The van der Waals surface area contributed by atoms with E-state index in [1.807, 2.05) is 30.5 Å². The zero-order valence-electron chi connectivity index (χ0n) is 13.3. The van der Waals surface area contributed by atoms with Crippen LogP contribution in [0.5, 0.6) is 0 Å². The van der Waals surface area contributed by atoms with Gasteiger partial charge in [-0.3, -0.25) is 4.79 Å². The quantitative estimate of drug-likeness (QED) is 0.706. The number of amides is 1. The van der Waals surface area contributed by atoms with E-state index in [4.69, 9.17) is 0 Å². The lowest BCUT2D eigenvalue weighted by molar-refractivity contribution is -0.116. The molecule has 0 unspecified atom stereocenters. The fraction of sp³-hybridized carbons (Fsp3) is 0.158. The number of nitrogens with one attached hydrogen (secondary N) is 2. The molecule has 0 atom stereocenters. The zero-order chi connectivity index (χ0) is 16.9. The van der Waals surface area contributed by atoms with Gasteiger partial charge in [-0.2, -0.15) is 0 Å². The van der Waals surface area contributed by atoms with Crippen molar-refractivity contribution in [3.05, 3.63) is 65.9 Å². The summed E-state index contributed by atoms with van der Waals surface area (Å²) in [5.41, 5.74) is 3.20. The third-order valence-corrected chi connectivity index (χ3v) is 3.87. The first kappa shape index (κ1) is 15.8. The van der Waals surface area contributed by atoms with Crippen LogP contribution in [0.4, 0.5) is 5.69 Å². The number of aromatic amines is 1. The molecule has 0 aliphatic carbocycles. The number of fused-ring (bicyclic) bond motifs is 1. The number of benzene rings is 2. The van der Waals surface area contributed by atoms with E-state index in [2.05, 4.69) is 15.0 Å². The molecule has 5 heteroatoms. The molecule has 0 saturated heterocycles. The van der Waals surface area contributed by atoms with Gasteiger partial charge >= 0.3 is 5.97 Å².